The lowest BCUT2D eigenvalue weighted by atomic mass is 9.96. The fraction of sp³-hybridized carbons (Fsp3) is 0.414. The topological polar surface area (TPSA) is 95.0 Å². The van der Waals surface area contributed by atoms with Crippen LogP contribution >= 0.6 is 0 Å². The molecule has 3 aliphatic heterocycles. The minimum atomic E-state index is -0.226. The molecule has 1 fully saturated rings. The zero-order chi connectivity index (χ0) is 26.2. The van der Waals surface area contributed by atoms with Crippen molar-refractivity contribution < 1.29 is 23.7 Å². The number of benzene rings is 2. The molecule has 4 heterocycles. The highest BCUT2D eigenvalue weighted by Gasteiger charge is 2.30. The monoisotopic (exact) mass is 516 g/mol. The van der Waals surface area contributed by atoms with E-state index in [2.05, 4.69) is 28.4 Å². The van der Waals surface area contributed by atoms with Crippen molar-refractivity contribution in [1.29, 1.82) is 0 Å². The number of nitrogens with one attached hydrogen (secondary N) is 1. The Kier molecular flexibility index (Phi) is 6.53. The van der Waals surface area contributed by atoms with Crippen LogP contribution in [0.4, 0.5) is 11.6 Å². The Morgan fingerprint density at radius 1 is 1.05 bits per heavy atom. The van der Waals surface area contributed by atoms with Crippen molar-refractivity contribution in [3.8, 4) is 22.6 Å². The van der Waals surface area contributed by atoms with Crippen molar-refractivity contribution in [1.82, 2.24) is 9.97 Å². The van der Waals surface area contributed by atoms with Crippen LogP contribution in [-0.2, 0) is 14.3 Å². The lowest BCUT2D eigenvalue weighted by Gasteiger charge is -2.27. The fourth-order valence-electron chi connectivity index (χ4n) is 5.58. The molecule has 38 heavy (non-hydrogen) atoms. The molecule has 0 saturated carbocycles. The third-order valence-electron chi connectivity index (χ3n) is 7.51. The molecule has 3 aromatic rings. The van der Waals surface area contributed by atoms with Gasteiger partial charge in [0.05, 0.1) is 50.8 Å². The van der Waals surface area contributed by atoms with Gasteiger partial charge in [0, 0.05) is 53.0 Å². The fourth-order valence-corrected chi connectivity index (χ4v) is 5.58. The van der Waals surface area contributed by atoms with Crippen LogP contribution in [0.5, 0.6) is 11.5 Å². The number of para-hydroxylation sites is 1. The van der Waals surface area contributed by atoms with E-state index in [-0.39, 0.29) is 17.9 Å². The number of carbonyl (C=O) groups is 1. The van der Waals surface area contributed by atoms with Crippen molar-refractivity contribution in [2.24, 2.45) is 0 Å². The summed E-state index contributed by atoms with van der Waals surface area (Å²) < 4.78 is 22.5. The van der Waals surface area contributed by atoms with Crippen LogP contribution in [0.15, 0.2) is 36.4 Å². The number of esters is 1. The van der Waals surface area contributed by atoms with Gasteiger partial charge in [-0.1, -0.05) is 24.3 Å². The molecule has 2 aromatic carbocycles. The molecular formula is C29H32N4O5. The molecule has 0 spiro atoms. The first-order valence-electron chi connectivity index (χ1n) is 13.1. The molecule has 1 aromatic heterocycles. The van der Waals surface area contributed by atoms with Crippen LogP contribution in [0, 0.1) is 13.8 Å². The summed E-state index contributed by atoms with van der Waals surface area (Å²) in [5.74, 6) is 2.23. The molecule has 6 rings (SSSR count). The Labute approximate surface area is 222 Å². The number of morpholine rings is 1. The van der Waals surface area contributed by atoms with Crippen LogP contribution in [-0.4, -0.2) is 62.6 Å². The zero-order valence-electron chi connectivity index (χ0n) is 22.0. The highest BCUT2D eigenvalue weighted by atomic mass is 16.5. The van der Waals surface area contributed by atoms with Crippen LogP contribution in [0.1, 0.15) is 40.9 Å². The molecule has 0 unspecified atom stereocenters. The van der Waals surface area contributed by atoms with E-state index in [1.807, 2.05) is 32.0 Å². The van der Waals surface area contributed by atoms with Crippen molar-refractivity contribution in [3.05, 3.63) is 58.9 Å². The number of anilines is 2. The Morgan fingerprint density at radius 3 is 2.61 bits per heavy atom. The Morgan fingerprint density at radius 2 is 1.84 bits per heavy atom. The number of methoxy groups -OCH3 is 1. The predicted octanol–water partition coefficient (Wildman–Crippen LogP) is 4.18. The summed E-state index contributed by atoms with van der Waals surface area (Å²) in [6.07, 6.45) is 0.318. The van der Waals surface area contributed by atoms with Gasteiger partial charge in [0.1, 0.15) is 18.1 Å². The van der Waals surface area contributed by atoms with E-state index in [0.29, 0.717) is 32.8 Å². The van der Waals surface area contributed by atoms with Gasteiger partial charge < -0.3 is 29.2 Å². The normalized spacial score (nSPS) is 19.8. The molecule has 1 saturated heterocycles. The van der Waals surface area contributed by atoms with E-state index < -0.39 is 0 Å². The highest BCUT2D eigenvalue weighted by Crippen LogP contribution is 2.44. The summed E-state index contributed by atoms with van der Waals surface area (Å²) in [5, 5.41) is 3.61. The second-order valence-corrected chi connectivity index (χ2v) is 9.94. The molecule has 9 nitrogen and oxygen atoms in total. The summed E-state index contributed by atoms with van der Waals surface area (Å²) in [6.45, 7) is 8.07. The first kappa shape index (κ1) is 24.5. The zero-order valence-corrected chi connectivity index (χ0v) is 22.0. The van der Waals surface area contributed by atoms with Gasteiger partial charge in [-0.25, -0.2) is 9.97 Å². The molecule has 9 heteroatoms. The van der Waals surface area contributed by atoms with Crippen LogP contribution in [0.2, 0.25) is 0 Å². The van der Waals surface area contributed by atoms with Gasteiger partial charge in [0.15, 0.2) is 0 Å². The summed E-state index contributed by atoms with van der Waals surface area (Å²) in [6, 6.07) is 12.3. The first-order chi connectivity index (χ1) is 18.5. The van der Waals surface area contributed by atoms with Gasteiger partial charge in [-0.2, -0.15) is 0 Å². The number of aryl methyl sites for hydroxylation is 2. The summed E-state index contributed by atoms with van der Waals surface area (Å²) >= 11 is 0. The lowest BCUT2D eigenvalue weighted by Crippen LogP contribution is -2.37. The summed E-state index contributed by atoms with van der Waals surface area (Å²) in [5.41, 5.74) is 6.98. The van der Waals surface area contributed by atoms with Crippen LogP contribution < -0.4 is 19.7 Å². The van der Waals surface area contributed by atoms with E-state index in [4.69, 9.17) is 28.9 Å². The van der Waals surface area contributed by atoms with E-state index in [9.17, 15) is 4.79 Å². The van der Waals surface area contributed by atoms with Gasteiger partial charge in [0.2, 0.25) is 5.95 Å². The molecule has 0 bridgehead atoms. The summed E-state index contributed by atoms with van der Waals surface area (Å²) in [4.78, 5) is 23.6. The predicted molar refractivity (Wildman–Crippen MR) is 143 cm³/mol. The second-order valence-electron chi connectivity index (χ2n) is 9.94. The third kappa shape index (κ3) is 4.51. The van der Waals surface area contributed by atoms with E-state index >= 15 is 0 Å². The second kappa shape index (κ2) is 10.1. The average molecular weight is 517 g/mol. The quantitative estimate of drug-likeness (QED) is 0.484. The number of hydrogen-bond donors (Lipinski definition) is 1. The maximum Gasteiger partial charge on any atom is 0.306 e. The smallest absolute Gasteiger partial charge is 0.306 e. The van der Waals surface area contributed by atoms with Crippen LogP contribution in [0.25, 0.3) is 11.1 Å². The lowest BCUT2D eigenvalue weighted by molar-refractivity contribution is -0.141. The van der Waals surface area contributed by atoms with Crippen LogP contribution in [0.3, 0.4) is 0 Å². The maximum absolute atomic E-state index is 11.7. The minimum Gasteiger partial charge on any atom is -0.493 e. The van der Waals surface area contributed by atoms with Crippen molar-refractivity contribution in [3.63, 3.8) is 0 Å². The third-order valence-corrected chi connectivity index (χ3v) is 7.51. The van der Waals surface area contributed by atoms with Crippen molar-refractivity contribution >= 4 is 17.6 Å². The number of nitrogens with zero attached hydrogens (tertiary/aromatic N) is 3. The van der Waals surface area contributed by atoms with Crippen molar-refractivity contribution in [2.45, 2.75) is 32.2 Å². The van der Waals surface area contributed by atoms with Gasteiger partial charge in [-0.3, -0.25) is 4.79 Å². The van der Waals surface area contributed by atoms with Crippen molar-refractivity contribution in [2.75, 3.05) is 56.8 Å². The van der Waals surface area contributed by atoms with E-state index in [1.54, 1.807) is 0 Å². The number of fused-ring (bicyclic) bond motifs is 2. The van der Waals surface area contributed by atoms with E-state index in [1.165, 1.54) is 7.11 Å². The summed E-state index contributed by atoms with van der Waals surface area (Å²) in [7, 11) is 1.41. The number of carbonyl (C=O) groups excluding carboxylic acids is 1. The molecule has 0 radical (unpaired) electrons. The van der Waals surface area contributed by atoms with Gasteiger partial charge in [0.25, 0.3) is 0 Å². The molecule has 0 aliphatic carbocycles. The standard InChI is InChI=1S/C29H32N4O5/c1-17-27(18(2)31-29(30-17)33-9-11-36-12-10-33)23-6-4-5-22-24(16-38-28(22)23)32-20-7-8-21-19(13-26(34)35-3)15-37-25(21)14-20/h4-8,14,19,24,32H,9-13,15-16H2,1-3H3/t19-,24-/m1/s1. The molecule has 2 atom stereocenters. The van der Waals surface area contributed by atoms with Gasteiger partial charge in [-0.05, 0) is 19.9 Å². The maximum atomic E-state index is 11.7. The van der Waals surface area contributed by atoms with E-state index in [0.717, 1.165) is 69.9 Å². The minimum absolute atomic E-state index is 0.00979. The molecule has 0 amide bonds. The average Bonchev–Trinajstić information content (AvgIpc) is 3.53. The Bertz CT molecular complexity index is 1350. The highest BCUT2D eigenvalue weighted by molar-refractivity contribution is 5.77. The SMILES string of the molecule is COC(=O)C[C@@H]1COc2cc(N[C@@H]3COc4c(-c5c(C)nc(N6CCOCC6)nc5C)cccc43)ccc21. The molecule has 198 valence electrons. The largest absolute Gasteiger partial charge is 0.493 e. The number of aromatic nitrogens is 2. The Hall–Kier alpha value is -3.85. The molecule has 3 aliphatic rings. The first-order valence-corrected chi connectivity index (χ1v) is 13.1. The molecular weight excluding hydrogens is 484 g/mol. The number of hydrogen-bond acceptors (Lipinski definition) is 9. The number of rotatable bonds is 6. The number of ether oxygens (including phenoxy) is 4. The Balaban J connectivity index is 1.24. The molecule has 1 N–H and O–H groups in total. The van der Waals surface area contributed by atoms with Gasteiger partial charge >= 0.3 is 5.97 Å². The van der Waals surface area contributed by atoms with Gasteiger partial charge in [-0.15, -0.1) is 0 Å².